The minimum absolute atomic E-state index is 0.128. The number of halogens is 1. The van der Waals surface area contributed by atoms with E-state index < -0.39 is 0 Å². The van der Waals surface area contributed by atoms with Gasteiger partial charge in [0.2, 0.25) is 0 Å². The van der Waals surface area contributed by atoms with Crippen LogP contribution < -0.4 is 10.5 Å². The summed E-state index contributed by atoms with van der Waals surface area (Å²) < 4.78 is 6.06. The monoisotopic (exact) mass is 376 g/mol. The Morgan fingerprint density at radius 3 is 2.70 bits per heavy atom. The first-order valence-electron chi connectivity index (χ1n) is 7.66. The van der Waals surface area contributed by atoms with E-state index in [0.29, 0.717) is 11.7 Å². The molecule has 1 saturated heterocycles. The minimum atomic E-state index is 0.128. The molecule has 1 fully saturated rings. The summed E-state index contributed by atoms with van der Waals surface area (Å²) in [5.74, 6) is 0.983. The Kier molecular flexibility index (Phi) is 4.90. The fourth-order valence-corrected chi connectivity index (χ4v) is 3.66. The first kappa shape index (κ1) is 16.3. The van der Waals surface area contributed by atoms with Crippen LogP contribution in [0.1, 0.15) is 17.0 Å². The molecule has 0 bridgehead atoms. The smallest absolute Gasteiger partial charge is 0.161 e. The standard InChI is InChI=1S/C18H21BrN2O2/c1-23-18-8-15(19)13(7-17(18)22)9-21-10-14(16(20)11-21)12-5-3-2-4-6-12/h2-8,14,16,22H,9-11,20H2,1H3/t14-,16+/m0/s1. The Morgan fingerprint density at radius 1 is 1.26 bits per heavy atom. The molecule has 0 aromatic heterocycles. The average molecular weight is 377 g/mol. The van der Waals surface area contributed by atoms with Crippen LogP contribution in [0.15, 0.2) is 46.9 Å². The third-order valence-corrected chi connectivity index (χ3v) is 5.15. The highest BCUT2D eigenvalue weighted by atomic mass is 79.9. The molecule has 2 atom stereocenters. The molecule has 1 aliphatic rings. The van der Waals surface area contributed by atoms with E-state index in [1.165, 1.54) is 5.56 Å². The van der Waals surface area contributed by atoms with Crippen molar-refractivity contribution in [1.29, 1.82) is 0 Å². The number of hydrogen-bond acceptors (Lipinski definition) is 4. The summed E-state index contributed by atoms with van der Waals surface area (Å²) in [7, 11) is 1.55. The van der Waals surface area contributed by atoms with Crippen molar-refractivity contribution in [2.75, 3.05) is 20.2 Å². The molecule has 1 aliphatic heterocycles. The Hall–Kier alpha value is -1.56. The largest absolute Gasteiger partial charge is 0.504 e. The summed E-state index contributed by atoms with van der Waals surface area (Å²) in [6, 6.07) is 14.1. The van der Waals surface area contributed by atoms with Gasteiger partial charge in [-0.1, -0.05) is 46.3 Å². The number of nitrogens with two attached hydrogens (primary N) is 1. The first-order chi connectivity index (χ1) is 11.1. The topological polar surface area (TPSA) is 58.7 Å². The lowest BCUT2D eigenvalue weighted by Gasteiger charge is -2.18. The Labute approximate surface area is 145 Å². The second-order valence-corrected chi connectivity index (χ2v) is 6.84. The number of benzene rings is 2. The number of methoxy groups -OCH3 is 1. The van der Waals surface area contributed by atoms with E-state index in [0.717, 1.165) is 29.7 Å². The van der Waals surface area contributed by atoms with Gasteiger partial charge < -0.3 is 15.6 Å². The van der Waals surface area contributed by atoms with Gasteiger partial charge in [-0.2, -0.15) is 0 Å². The van der Waals surface area contributed by atoms with Crippen LogP contribution in [0.4, 0.5) is 0 Å². The number of phenolic OH excluding ortho intramolecular Hbond substituents is 1. The summed E-state index contributed by atoms with van der Waals surface area (Å²) in [4.78, 5) is 2.33. The Morgan fingerprint density at radius 2 is 2.00 bits per heavy atom. The maximum absolute atomic E-state index is 9.98. The average Bonchev–Trinajstić information content (AvgIpc) is 2.92. The van der Waals surface area contributed by atoms with Gasteiger partial charge in [0.05, 0.1) is 7.11 Å². The lowest BCUT2D eigenvalue weighted by Crippen LogP contribution is -2.28. The molecule has 0 amide bonds. The number of likely N-dealkylation sites (tertiary alicyclic amines) is 1. The van der Waals surface area contributed by atoms with Gasteiger partial charge in [-0.05, 0) is 23.3 Å². The molecule has 2 aromatic rings. The van der Waals surface area contributed by atoms with Crippen LogP contribution in [0, 0.1) is 0 Å². The number of aromatic hydroxyl groups is 1. The minimum Gasteiger partial charge on any atom is -0.504 e. The van der Waals surface area contributed by atoms with Gasteiger partial charge in [0.15, 0.2) is 11.5 Å². The van der Waals surface area contributed by atoms with Crippen LogP contribution in [-0.2, 0) is 6.54 Å². The molecule has 23 heavy (non-hydrogen) atoms. The second-order valence-electron chi connectivity index (χ2n) is 5.99. The van der Waals surface area contributed by atoms with Gasteiger partial charge in [-0.3, -0.25) is 4.90 Å². The summed E-state index contributed by atoms with van der Waals surface area (Å²) in [5, 5.41) is 9.98. The van der Waals surface area contributed by atoms with Crippen molar-refractivity contribution in [2.45, 2.75) is 18.5 Å². The molecular weight excluding hydrogens is 356 g/mol. The van der Waals surface area contributed by atoms with Gasteiger partial charge in [0, 0.05) is 36.1 Å². The lowest BCUT2D eigenvalue weighted by atomic mass is 9.95. The quantitative estimate of drug-likeness (QED) is 0.860. The molecule has 0 saturated carbocycles. The van der Waals surface area contributed by atoms with Gasteiger partial charge in [0.1, 0.15) is 0 Å². The van der Waals surface area contributed by atoms with Crippen LogP contribution in [0.3, 0.4) is 0 Å². The molecule has 0 radical (unpaired) electrons. The zero-order valence-electron chi connectivity index (χ0n) is 13.1. The molecule has 5 heteroatoms. The van der Waals surface area contributed by atoms with Gasteiger partial charge >= 0.3 is 0 Å². The predicted molar refractivity (Wildman–Crippen MR) is 94.8 cm³/mol. The fourth-order valence-electron chi connectivity index (χ4n) is 3.21. The number of rotatable bonds is 4. The van der Waals surface area contributed by atoms with Crippen LogP contribution in [-0.4, -0.2) is 36.2 Å². The summed E-state index contributed by atoms with van der Waals surface area (Å²) in [6.45, 7) is 2.51. The molecule has 3 N–H and O–H groups in total. The van der Waals surface area contributed by atoms with Crippen molar-refractivity contribution in [2.24, 2.45) is 5.73 Å². The SMILES string of the molecule is COc1cc(Br)c(CN2C[C@@H](N)[C@H](c3ccccc3)C2)cc1O. The molecular formula is C18H21BrN2O2. The highest BCUT2D eigenvalue weighted by molar-refractivity contribution is 9.10. The van der Waals surface area contributed by atoms with Crippen LogP contribution in [0.25, 0.3) is 0 Å². The highest BCUT2D eigenvalue weighted by Gasteiger charge is 2.31. The van der Waals surface area contributed by atoms with Crippen LogP contribution in [0.2, 0.25) is 0 Å². The Balaban J connectivity index is 1.74. The molecule has 0 spiro atoms. The summed E-state index contributed by atoms with van der Waals surface area (Å²) >= 11 is 3.56. The predicted octanol–water partition coefficient (Wildman–Crippen LogP) is 3.09. The Bertz CT molecular complexity index is 678. The van der Waals surface area contributed by atoms with Crippen molar-refractivity contribution in [3.05, 3.63) is 58.1 Å². The van der Waals surface area contributed by atoms with E-state index in [2.05, 4.69) is 45.1 Å². The summed E-state index contributed by atoms with van der Waals surface area (Å²) in [6.07, 6.45) is 0. The lowest BCUT2D eigenvalue weighted by molar-refractivity contribution is 0.321. The molecule has 2 aromatic carbocycles. The molecule has 3 rings (SSSR count). The van der Waals surface area contributed by atoms with Gasteiger partial charge in [-0.15, -0.1) is 0 Å². The van der Waals surface area contributed by atoms with Crippen molar-refractivity contribution < 1.29 is 9.84 Å². The van der Waals surface area contributed by atoms with Crippen LogP contribution >= 0.6 is 15.9 Å². The maximum atomic E-state index is 9.98. The van der Waals surface area contributed by atoms with E-state index in [1.807, 2.05) is 6.07 Å². The highest BCUT2D eigenvalue weighted by Crippen LogP contribution is 2.34. The number of hydrogen-bond donors (Lipinski definition) is 2. The molecule has 122 valence electrons. The first-order valence-corrected chi connectivity index (χ1v) is 8.46. The molecule has 1 heterocycles. The zero-order chi connectivity index (χ0) is 16.4. The number of ether oxygens (including phenoxy) is 1. The van der Waals surface area contributed by atoms with E-state index in [1.54, 1.807) is 19.2 Å². The van der Waals surface area contributed by atoms with Gasteiger partial charge in [-0.25, -0.2) is 0 Å². The second kappa shape index (κ2) is 6.91. The van der Waals surface area contributed by atoms with E-state index in [-0.39, 0.29) is 11.8 Å². The molecule has 0 unspecified atom stereocenters. The zero-order valence-corrected chi connectivity index (χ0v) is 14.7. The third kappa shape index (κ3) is 3.52. The third-order valence-electron chi connectivity index (χ3n) is 4.41. The number of nitrogens with zero attached hydrogens (tertiary/aromatic N) is 1. The van der Waals surface area contributed by atoms with Crippen molar-refractivity contribution >= 4 is 15.9 Å². The van der Waals surface area contributed by atoms with E-state index in [9.17, 15) is 5.11 Å². The maximum Gasteiger partial charge on any atom is 0.161 e. The molecule has 0 aliphatic carbocycles. The fraction of sp³-hybridized carbons (Fsp3) is 0.333. The van der Waals surface area contributed by atoms with Crippen molar-refractivity contribution in [3.63, 3.8) is 0 Å². The van der Waals surface area contributed by atoms with E-state index >= 15 is 0 Å². The van der Waals surface area contributed by atoms with Crippen LogP contribution in [0.5, 0.6) is 11.5 Å². The number of phenols is 1. The van der Waals surface area contributed by atoms with E-state index in [4.69, 9.17) is 10.5 Å². The van der Waals surface area contributed by atoms with Crippen molar-refractivity contribution in [1.82, 2.24) is 4.90 Å². The van der Waals surface area contributed by atoms with Gasteiger partial charge in [0.25, 0.3) is 0 Å². The normalized spacial score (nSPS) is 21.5. The van der Waals surface area contributed by atoms with Crippen molar-refractivity contribution in [3.8, 4) is 11.5 Å². The summed E-state index contributed by atoms with van der Waals surface area (Å²) in [5.41, 5.74) is 8.67. The molecule has 4 nitrogen and oxygen atoms in total.